The fraction of sp³-hybridized carbons (Fsp3) is 0.0714. The lowest BCUT2D eigenvalue weighted by molar-refractivity contribution is 0.479. The summed E-state index contributed by atoms with van der Waals surface area (Å²) in [4.78, 5) is -0.528. The van der Waals surface area contributed by atoms with Crippen LogP contribution < -0.4 is 10.2 Å². The van der Waals surface area contributed by atoms with E-state index in [2.05, 4.69) is 10.5 Å². The average molecular weight is 399 g/mol. The molecule has 8 nitrogen and oxygen atoms in total. The molecule has 0 spiro atoms. The van der Waals surface area contributed by atoms with Crippen LogP contribution in [0, 0.1) is 0 Å². The van der Waals surface area contributed by atoms with Gasteiger partial charge < -0.3 is 9.12 Å². The van der Waals surface area contributed by atoms with E-state index in [1.807, 2.05) is 35.9 Å². The number of aromatic nitrogens is 1. The molecule has 0 bridgehead atoms. The first-order valence-electron chi connectivity index (χ1n) is 6.84. The summed E-state index contributed by atoms with van der Waals surface area (Å²) in [7, 11) is -2.83. The fourth-order valence-corrected chi connectivity index (χ4v) is 4.93. The maximum absolute atomic E-state index is 11.6. The summed E-state index contributed by atoms with van der Waals surface area (Å²) < 4.78 is 55.9. The van der Waals surface area contributed by atoms with Crippen molar-refractivity contribution in [1.82, 2.24) is 4.57 Å². The van der Waals surface area contributed by atoms with Crippen LogP contribution in [0.5, 0.6) is 0 Å². The van der Waals surface area contributed by atoms with Gasteiger partial charge in [-0.15, -0.1) is 5.10 Å². The van der Waals surface area contributed by atoms with Gasteiger partial charge in [-0.05, 0) is 24.3 Å². The normalized spacial score (nSPS) is 14.0. The summed E-state index contributed by atoms with van der Waals surface area (Å²) in [6.45, 7) is 0. The molecule has 0 aliphatic carbocycles. The standard InChI is InChI=1S/C14H13N3O5S3/c1-17-10-6-2-3-7-11(10)23-14(17)16-15-9-5-4-8-12(25(20,21)22)13(9)24(18)19/h2-8,15H,1H3,(H,18,19)(H,20,21,22). The molecule has 3 N–H and O–H groups in total. The lowest BCUT2D eigenvalue weighted by atomic mass is 10.3. The van der Waals surface area contributed by atoms with Crippen molar-refractivity contribution in [2.24, 2.45) is 12.1 Å². The maximum Gasteiger partial charge on any atom is 0.295 e. The molecule has 25 heavy (non-hydrogen) atoms. The van der Waals surface area contributed by atoms with Crippen LogP contribution in [-0.2, 0) is 28.2 Å². The van der Waals surface area contributed by atoms with Crippen molar-refractivity contribution < 1.29 is 21.7 Å². The quantitative estimate of drug-likeness (QED) is 0.350. The zero-order valence-electron chi connectivity index (χ0n) is 12.8. The molecule has 0 saturated heterocycles. The third kappa shape index (κ3) is 3.50. The van der Waals surface area contributed by atoms with Crippen molar-refractivity contribution in [2.45, 2.75) is 9.79 Å². The van der Waals surface area contributed by atoms with Crippen LogP contribution in [-0.4, -0.2) is 26.3 Å². The van der Waals surface area contributed by atoms with E-state index in [4.69, 9.17) is 0 Å². The third-order valence-corrected chi connectivity index (χ3v) is 6.35. The van der Waals surface area contributed by atoms with Gasteiger partial charge >= 0.3 is 0 Å². The second-order valence-electron chi connectivity index (χ2n) is 4.99. The molecule has 1 heterocycles. The van der Waals surface area contributed by atoms with Gasteiger partial charge in [0.15, 0.2) is 11.1 Å². The van der Waals surface area contributed by atoms with E-state index < -0.39 is 31.0 Å². The highest BCUT2D eigenvalue weighted by Crippen LogP contribution is 2.27. The van der Waals surface area contributed by atoms with Gasteiger partial charge in [0.1, 0.15) is 9.79 Å². The van der Waals surface area contributed by atoms with Crippen molar-refractivity contribution in [3.63, 3.8) is 0 Å². The maximum atomic E-state index is 11.6. The molecular formula is C14H13N3O5S3. The molecule has 0 amide bonds. The Hall–Kier alpha value is -2.05. The summed E-state index contributed by atoms with van der Waals surface area (Å²) in [5.74, 6) is 0. The number of benzene rings is 2. The molecule has 0 aliphatic heterocycles. The van der Waals surface area contributed by atoms with Gasteiger partial charge in [-0.1, -0.05) is 29.5 Å². The first-order chi connectivity index (χ1) is 11.8. The lowest BCUT2D eigenvalue weighted by Crippen LogP contribution is -2.13. The molecule has 1 unspecified atom stereocenters. The zero-order chi connectivity index (χ0) is 18.2. The second-order valence-corrected chi connectivity index (χ2v) is 8.30. The summed E-state index contributed by atoms with van der Waals surface area (Å²) in [6.07, 6.45) is 0. The number of anilines is 1. The number of thiazole rings is 1. The van der Waals surface area contributed by atoms with Crippen LogP contribution in [0.2, 0.25) is 0 Å². The molecule has 11 heteroatoms. The van der Waals surface area contributed by atoms with Gasteiger partial charge in [-0.3, -0.25) is 9.98 Å². The number of para-hydroxylation sites is 1. The van der Waals surface area contributed by atoms with Crippen molar-refractivity contribution in [2.75, 3.05) is 5.43 Å². The van der Waals surface area contributed by atoms with Gasteiger partial charge in [-0.2, -0.15) is 8.42 Å². The van der Waals surface area contributed by atoms with Crippen LogP contribution >= 0.6 is 11.3 Å². The van der Waals surface area contributed by atoms with Gasteiger partial charge in [0.25, 0.3) is 10.1 Å². The molecule has 0 saturated carbocycles. The van der Waals surface area contributed by atoms with Crippen molar-refractivity contribution in [3.05, 3.63) is 47.3 Å². The summed E-state index contributed by atoms with van der Waals surface area (Å²) in [6, 6.07) is 11.4. The van der Waals surface area contributed by atoms with E-state index in [1.165, 1.54) is 23.5 Å². The molecular weight excluding hydrogens is 386 g/mol. The Morgan fingerprint density at radius 1 is 1.20 bits per heavy atom. The van der Waals surface area contributed by atoms with E-state index in [0.29, 0.717) is 4.80 Å². The molecule has 1 atom stereocenters. The molecule has 0 radical (unpaired) electrons. The fourth-order valence-electron chi connectivity index (χ4n) is 2.28. The van der Waals surface area contributed by atoms with Crippen LogP contribution in [0.1, 0.15) is 0 Å². The van der Waals surface area contributed by atoms with E-state index in [-0.39, 0.29) is 5.69 Å². The minimum atomic E-state index is -4.65. The van der Waals surface area contributed by atoms with Crippen LogP contribution in [0.15, 0.2) is 57.4 Å². The minimum absolute atomic E-state index is 0.00779. The Labute approximate surface area is 149 Å². The molecule has 1 aromatic heterocycles. The lowest BCUT2D eigenvalue weighted by Gasteiger charge is -2.09. The van der Waals surface area contributed by atoms with E-state index >= 15 is 0 Å². The summed E-state index contributed by atoms with van der Waals surface area (Å²) >= 11 is -1.25. The van der Waals surface area contributed by atoms with E-state index in [0.717, 1.165) is 16.3 Å². The molecule has 3 aromatic rings. The largest absolute Gasteiger partial charge is 0.318 e. The predicted molar refractivity (Wildman–Crippen MR) is 95.3 cm³/mol. The van der Waals surface area contributed by atoms with Gasteiger partial charge in [0.2, 0.25) is 4.80 Å². The highest BCUT2D eigenvalue weighted by molar-refractivity contribution is 7.87. The first-order valence-corrected chi connectivity index (χ1v) is 10.2. The van der Waals surface area contributed by atoms with Crippen molar-refractivity contribution in [1.29, 1.82) is 0 Å². The highest BCUT2D eigenvalue weighted by atomic mass is 32.2. The Bertz CT molecular complexity index is 1150. The number of hydrogen-bond acceptors (Lipinski definition) is 6. The van der Waals surface area contributed by atoms with Crippen LogP contribution in [0.3, 0.4) is 0 Å². The SMILES string of the molecule is Cn1c(=NNc2cccc(S(=O)(=O)O)c2S(=O)O)sc2ccccc21. The molecule has 132 valence electrons. The number of aryl methyl sites for hydroxylation is 1. The number of hydrogen-bond donors (Lipinski definition) is 3. The summed E-state index contributed by atoms with van der Waals surface area (Å²) in [5, 5.41) is 4.19. The monoisotopic (exact) mass is 399 g/mol. The Morgan fingerprint density at radius 3 is 2.56 bits per heavy atom. The molecule has 0 aliphatic rings. The number of rotatable bonds is 4. The Morgan fingerprint density at radius 2 is 1.92 bits per heavy atom. The van der Waals surface area contributed by atoms with Gasteiger partial charge in [-0.25, -0.2) is 4.21 Å². The Kier molecular flexibility index (Phi) is 4.75. The Balaban J connectivity index is 2.12. The smallest absolute Gasteiger partial charge is 0.295 e. The van der Waals surface area contributed by atoms with Crippen LogP contribution in [0.25, 0.3) is 10.2 Å². The topological polar surface area (TPSA) is 121 Å². The second kappa shape index (κ2) is 6.69. The van der Waals surface area contributed by atoms with Crippen LogP contribution in [0.4, 0.5) is 5.69 Å². The van der Waals surface area contributed by atoms with Gasteiger partial charge in [0.05, 0.1) is 15.9 Å². The molecule has 2 aromatic carbocycles. The first kappa shape index (κ1) is 17.8. The van der Waals surface area contributed by atoms with Gasteiger partial charge in [0, 0.05) is 7.05 Å². The average Bonchev–Trinajstić information content (AvgIpc) is 2.88. The summed E-state index contributed by atoms with van der Waals surface area (Å²) in [5.41, 5.74) is 3.58. The van der Waals surface area contributed by atoms with E-state index in [1.54, 1.807) is 0 Å². The number of fused-ring (bicyclic) bond motifs is 1. The molecule has 0 fully saturated rings. The zero-order valence-corrected chi connectivity index (χ0v) is 15.2. The minimum Gasteiger partial charge on any atom is -0.318 e. The molecule has 3 rings (SSSR count). The highest BCUT2D eigenvalue weighted by Gasteiger charge is 2.22. The van der Waals surface area contributed by atoms with Crippen molar-refractivity contribution in [3.8, 4) is 0 Å². The van der Waals surface area contributed by atoms with E-state index in [9.17, 15) is 21.7 Å². The number of nitrogens with zero attached hydrogens (tertiary/aromatic N) is 2. The number of nitrogens with one attached hydrogen (secondary N) is 1. The predicted octanol–water partition coefficient (Wildman–Crippen LogP) is 1.99. The third-order valence-electron chi connectivity index (χ3n) is 3.42. The van der Waals surface area contributed by atoms with Crippen molar-refractivity contribution >= 4 is 48.4 Å².